The molecule has 1 aromatic rings. The molecule has 170 valence electrons. The number of methoxy groups -OCH3 is 1. The molecule has 30 heavy (non-hydrogen) atoms. The van der Waals surface area contributed by atoms with E-state index in [0.717, 1.165) is 24.8 Å². The predicted molar refractivity (Wildman–Crippen MR) is 130 cm³/mol. The van der Waals surface area contributed by atoms with Gasteiger partial charge in [0.2, 0.25) is 0 Å². The minimum atomic E-state index is -0.448. The zero-order chi connectivity index (χ0) is 23.5. The maximum atomic E-state index is 12.1. The Morgan fingerprint density at radius 3 is 1.90 bits per heavy atom. The van der Waals surface area contributed by atoms with E-state index in [2.05, 4.69) is 31.1 Å². The van der Waals surface area contributed by atoms with Crippen LogP contribution in [0.4, 0.5) is 0 Å². The number of esters is 1. The van der Waals surface area contributed by atoms with E-state index >= 15 is 0 Å². The van der Waals surface area contributed by atoms with E-state index in [1.165, 1.54) is 36.5 Å². The van der Waals surface area contributed by atoms with Crippen LogP contribution in [0.5, 0.6) is 0 Å². The monoisotopic (exact) mass is 417 g/mol. The van der Waals surface area contributed by atoms with Gasteiger partial charge in [-0.15, -0.1) is 0 Å². The lowest BCUT2D eigenvalue weighted by Crippen LogP contribution is -2.22. The van der Waals surface area contributed by atoms with E-state index < -0.39 is 5.97 Å². The molecule has 0 fully saturated rings. The Morgan fingerprint density at radius 2 is 1.40 bits per heavy atom. The molecule has 1 aliphatic rings. The van der Waals surface area contributed by atoms with Crippen LogP contribution in [-0.2, 0) is 20.8 Å². The third kappa shape index (κ3) is 9.91. The van der Waals surface area contributed by atoms with Crippen LogP contribution in [0.15, 0.2) is 57.8 Å². The number of carbonyl (C=O) groups excluding carboxylic acids is 1. The van der Waals surface area contributed by atoms with Crippen LogP contribution in [0.1, 0.15) is 80.2 Å². The van der Waals surface area contributed by atoms with E-state index in [1.54, 1.807) is 0 Å². The lowest BCUT2D eigenvalue weighted by atomic mass is 9.83. The van der Waals surface area contributed by atoms with Gasteiger partial charge >= 0.3 is 5.97 Å². The normalized spacial score (nSPS) is 13.1. The minimum Gasteiger partial charge on any atom is -0.464 e. The van der Waals surface area contributed by atoms with Gasteiger partial charge in [0.05, 0.1) is 7.11 Å². The highest BCUT2D eigenvalue weighted by molar-refractivity contribution is 6.43. The van der Waals surface area contributed by atoms with Gasteiger partial charge in [-0.2, -0.15) is 0 Å². The van der Waals surface area contributed by atoms with Gasteiger partial charge in [0.1, 0.15) is 7.11 Å². The lowest BCUT2D eigenvalue weighted by molar-refractivity contribution is -0.132. The van der Waals surface area contributed by atoms with E-state index in [9.17, 15) is 4.79 Å². The van der Waals surface area contributed by atoms with Crippen LogP contribution in [0.2, 0.25) is 0 Å². The first-order valence-corrected chi connectivity index (χ1v) is 11.2. The predicted octanol–water partition coefficient (Wildman–Crippen LogP) is 7.30. The van der Waals surface area contributed by atoms with Crippen LogP contribution in [-0.4, -0.2) is 25.9 Å². The number of hydrogen-bond donors (Lipinski definition) is 0. The number of oxime groups is 1. The summed E-state index contributed by atoms with van der Waals surface area (Å²) in [5.41, 5.74) is 6.40. The SMILES string of the molecule is CC.CC.CC.CO/N=C(/C(=O)OC)C1=C(CCc2ccccc2)CC(C)=C(C)C1. The van der Waals surface area contributed by atoms with Crippen LogP contribution in [0.25, 0.3) is 0 Å². The molecule has 1 aliphatic carbocycles. The summed E-state index contributed by atoms with van der Waals surface area (Å²) in [6.07, 6.45) is 3.41. The molecule has 2 rings (SSSR count). The first-order chi connectivity index (χ1) is 14.6. The summed E-state index contributed by atoms with van der Waals surface area (Å²) in [5, 5.41) is 3.94. The Hall–Kier alpha value is -2.36. The van der Waals surface area contributed by atoms with Crippen molar-refractivity contribution in [2.45, 2.75) is 81.1 Å². The largest absolute Gasteiger partial charge is 0.464 e. The van der Waals surface area contributed by atoms with E-state index in [1.807, 2.05) is 59.7 Å². The number of rotatable bonds is 6. The van der Waals surface area contributed by atoms with Crippen LogP contribution in [0, 0.1) is 0 Å². The van der Waals surface area contributed by atoms with Crippen LogP contribution < -0.4 is 0 Å². The van der Waals surface area contributed by atoms with Crippen molar-refractivity contribution in [3.05, 3.63) is 58.2 Å². The minimum absolute atomic E-state index is 0.287. The first-order valence-electron chi connectivity index (χ1n) is 11.2. The smallest absolute Gasteiger partial charge is 0.360 e. The molecule has 0 atom stereocenters. The molecule has 0 bridgehead atoms. The molecule has 1 aromatic carbocycles. The van der Waals surface area contributed by atoms with Crippen molar-refractivity contribution in [2.24, 2.45) is 5.16 Å². The number of ether oxygens (including phenoxy) is 1. The zero-order valence-corrected chi connectivity index (χ0v) is 20.9. The van der Waals surface area contributed by atoms with Gasteiger partial charge in [0.25, 0.3) is 0 Å². The zero-order valence-electron chi connectivity index (χ0n) is 20.9. The summed E-state index contributed by atoms with van der Waals surface area (Å²) in [6, 6.07) is 10.4. The molecule has 0 saturated heterocycles. The second kappa shape index (κ2) is 18.7. The quantitative estimate of drug-likeness (QED) is 0.211. The average molecular weight is 418 g/mol. The van der Waals surface area contributed by atoms with Gasteiger partial charge in [-0.25, -0.2) is 4.79 Å². The van der Waals surface area contributed by atoms with E-state index in [0.29, 0.717) is 6.42 Å². The molecule has 4 nitrogen and oxygen atoms in total. The van der Waals surface area contributed by atoms with Crippen molar-refractivity contribution in [1.29, 1.82) is 0 Å². The number of aryl methyl sites for hydroxylation is 1. The molecule has 0 saturated carbocycles. The summed E-state index contributed by atoms with van der Waals surface area (Å²) in [7, 11) is 2.82. The first kappa shape index (κ1) is 29.8. The molecule has 0 spiro atoms. The second-order valence-corrected chi connectivity index (χ2v) is 6.10. The van der Waals surface area contributed by atoms with Crippen molar-refractivity contribution in [3.8, 4) is 0 Å². The topological polar surface area (TPSA) is 47.9 Å². The van der Waals surface area contributed by atoms with Crippen molar-refractivity contribution in [3.63, 3.8) is 0 Å². The fourth-order valence-corrected chi connectivity index (χ4v) is 2.95. The summed E-state index contributed by atoms with van der Waals surface area (Å²) >= 11 is 0. The highest BCUT2D eigenvalue weighted by Gasteiger charge is 2.25. The molecule has 0 unspecified atom stereocenters. The third-order valence-electron chi connectivity index (χ3n) is 4.48. The Kier molecular flexibility index (Phi) is 18.6. The highest BCUT2D eigenvalue weighted by Crippen LogP contribution is 2.33. The fourth-order valence-electron chi connectivity index (χ4n) is 2.95. The summed E-state index contributed by atoms with van der Waals surface area (Å²) < 4.78 is 4.89. The maximum Gasteiger partial charge on any atom is 0.360 e. The van der Waals surface area contributed by atoms with Gasteiger partial charge < -0.3 is 9.57 Å². The Bertz CT molecular complexity index is 685. The summed E-state index contributed by atoms with van der Waals surface area (Å²) in [5.74, 6) is -0.448. The number of hydrogen-bond acceptors (Lipinski definition) is 4. The summed E-state index contributed by atoms with van der Waals surface area (Å²) in [4.78, 5) is 17.0. The van der Waals surface area contributed by atoms with Gasteiger partial charge in [0.15, 0.2) is 5.71 Å². The molecule has 0 aliphatic heterocycles. The molecule has 0 radical (unpaired) electrons. The number of nitrogens with zero attached hydrogens (tertiary/aromatic N) is 1. The van der Waals surface area contributed by atoms with Gasteiger partial charge in [-0.3, -0.25) is 0 Å². The fraction of sp³-hybridized carbons (Fsp3) is 0.538. The van der Waals surface area contributed by atoms with Gasteiger partial charge in [-0.05, 0) is 50.7 Å². The van der Waals surface area contributed by atoms with E-state index in [-0.39, 0.29) is 5.71 Å². The van der Waals surface area contributed by atoms with Crippen molar-refractivity contribution < 1.29 is 14.4 Å². The van der Waals surface area contributed by atoms with E-state index in [4.69, 9.17) is 9.57 Å². The Morgan fingerprint density at radius 1 is 0.867 bits per heavy atom. The maximum absolute atomic E-state index is 12.1. The molecular formula is C26H43NO3. The molecule has 4 heteroatoms. The molecule has 0 heterocycles. The standard InChI is InChI=1S/C20H25NO3.3C2H6/c1-14-12-17(11-10-16-8-6-5-7-9-16)18(13-15(14)2)19(21-24-4)20(22)23-3;3*1-2/h5-9H,10-13H2,1-4H3;3*1-2H3/b21-19+;;;. The number of carbonyl (C=O) groups is 1. The molecular weight excluding hydrogens is 374 g/mol. The second-order valence-electron chi connectivity index (χ2n) is 6.10. The Labute approximate surface area is 185 Å². The lowest BCUT2D eigenvalue weighted by Gasteiger charge is -2.23. The number of allylic oxidation sites excluding steroid dienone is 3. The van der Waals surface area contributed by atoms with Gasteiger partial charge in [0, 0.05) is 0 Å². The molecule has 0 aromatic heterocycles. The van der Waals surface area contributed by atoms with Crippen LogP contribution in [0.3, 0.4) is 0 Å². The number of benzene rings is 1. The Balaban J connectivity index is 0. The molecule has 0 amide bonds. The van der Waals surface area contributed by atoms with Gasteiger partial charge in [-0.1, -0.05) is 93.7 Å². The average Bonchev–Trinajstić information content (AvgIpc) is 2.82. The van der Waals surface area contributed by atoms with Crippen molar-refractivity contribution in [2.75, 3.05) is 14.2 Å². The third-order valence-corrected chi connectivity index (χ3v) is 4.48. The summed E-state index contributed by atoms with van der Waals surface area (Å²) in [6.45, 7) is 16.3. The van der Waals surface area contributed by atoms with Crippen LogP contribution >= 0.6 is 0 Å². The van der Waals surface area contributed by atoms with Crippen molar-refractivity contribution in [1.82, 2.24) is 0 Å². The van der Waals surface area contributed by atoms with Crippen molar-refractivity contribution >= 4 is 11.7 Å². The highest BCUT2D eigenvalue weighted by atomic mass is 16.6. The molecule has 0 N–H and O–H groups in total.